The van der Waals surface area contributed by atoms with E-state index in [0.29, 0.717) is 17.2 Å². The second-order valence-corrected chi connectivity index (χ2v) is 8.11. The van der Waals surface area contributed by atoms with Gasteiger partial charge in [0.05, 0.1) is 5.02 Å². The van der Waals surface area contributed by atoms with E-state index in [1.165, 1.54) is 16.0 Å². The number of aromatic hydroxyl groups is 1. The average molecular weight is 448 g/mol. The molecule has 0 spiro atoms. The Kier molecular flexibility index (Phi) is 8.53. The van der Waals surface area contributed by atoms with Gasteiger partial charge in [-0.1, -0.05) is 47.6 Å². The van der Waals surface area contributed by atoms with Gasteiger partial charge in [0.15, 0.2) is 0 Å². The number of carbonyl (C=O) groups is 2. The second-order valence-electron chi connectivity index (χ2n) is 6.62. The Morgan fingerprint density at radius 1 is 1.03 bits per heavy atom. The van der Waals surface area contributed by atoms with E-state index in [-0.39, 0.29) is 5.75 Å². The first-order valence-electron chi connectivity index (χ1n) is 8.98. The van der Waals surface area contributed by atoms with E-state index in [1.807, 2.05) is 12.1 Å². The van der Waals surface area contributed by atoms with Crippen molar-refractivity contribution in [3.8, 4) is 5.75 Å². The first-order valence-corrected chi connectivity index (χ1v) is 10.2. The zero-order valence-corrected chi connectivity index (χ0v) is 18.1. The molecular formula is C22H22ClNO5S. The van der Waals surface area contributed by atoms with Gasteiger partial charge in [0.25, 0.3) is 0 Å². The number of hydrogen-bond donors (Lipinski definition) is 3. The summed E-state index contributed by atoms with van der Waals surface area (Å²) >= 11 is 7.81. The van der Waals surface area contributed by atoms with Crippen molar-refractivity contribution in [2.24, 2.45) is 0 Å². The van der Waals surface area contributed by atoms with Crippen LogP contribution in [0.1, 0.15) is 17.5 Å². The molecule has 0 radical (unpaired) electrons. The Morgan fingerprint density at radius 3 is 2.27 bits per heavy atom. The van der Waals surface area contributed by atoms with Gasteiger partial charge < -0.3 is 20.2 Å². The summed E-state index contributed by atoms with van der Waals surface area (Å²) in [5.74, 6) is -2.38. The number of carboxylic acids is 2. The van der Waals surface area contributed by atoms with E-state index >= 15 is 0 Å². The van der Waals surface area contributed by atoms with Crippen LogP contribution in [0.2, 0.25) is 5.02 Å². The van der Waals surface area contributed by atoms with Crippen molar-refractivity contribution >= 4 is 40.9 Å². The molecule has 0 bridgehead atoms. The molecule has 3 N–H and O–H groups in total. The van der Waals surface area contributed by atoms with Crippen LogP contribution in [-0.2, 0) is 9.59 Å². The third-order valence-corrected chi connectivity index (χ3v) is 5.47. The molecule has 0 aliphatic carbocycles. The first kappa shape index (κ1) is 23.5. The number of benzene rings is 2. The van der Waals surface area contributed by atoms with Gasteiger partial charge in [0, 0.05) is 28.5 Å². The lowest BCUT2D eigenvalue weighted by molar-refractivity contribution is -0.134. The summed E-state index contributed by atoms with van der Waals surface area (Å²) in [5, 5.41) is 25.9. The monoisotopic (exact) mass is 447 g/mol. The molecule has 0 unspecified atom stereocenters. The number of halogens is 1. The van der Waals surface area contributed by atoms with Gasteiger partial charge in [-0.05, 0) is 55.4 Å². The van der Waals surface area contributed by atoms with Crippen molar-refractivity contribution in [2.75, 3.05) is 20.6 Å². The van der Waals surface area contributed by atoms with Crippen LogP contribution < -0.4 is 0 Å². The third-order valence-electron chi connectivity index (χ3n) is 4.03. The maximum absolute atomic E-state index is 9.89. The molecule has 2 aromatic rings. The normalized spacial score (nSPS) is 13.5. The summed E-state index contributed by atoms with van der Waals surface area (Å²) in [6.45, 7) is 1.000. The molecule has 0 fully saturated rings. The van der Waals surface area contributed by atoms with Gasteiger partial charge in [0.1, 0.15) is 5.75 Å². The van der Waals surface area contributed by atoms with Crippen LogP contribution in [0.5, 0.6) is 5.75 Å². The van der Waals surface area contributed by atoms with Crippen molar-refractivity contribution in [3.05, 3.63) is 70.8 Å². The largest absolute Gasteiger partial charge is 0.506 e. The van der Waals surface area contributed by atoms with E-state index in [2.05, 4.69) is 43.3 Å². The molecule has 8 heteroatoms. The van der Waals surface area contributed by atoms with Gasteiger partial charge in [-0.2, -0.15) is 0 Å². The van der Waals surface area contributed by atoms with Crippen LogP contribution in [0.15, 0.2) is 64.4 Å². The molecule has 0 saturated carbocycles. The number of aliphatic carboxylic acids is 2. The number of fused-ring (bicyclic) bond motifs is 2. The summed E-state index contributed by atoms with van der Waals surface area (Å²) in [6, 6.07) is 12.0. The van der Waals surface area contributed by atoms with E-state index in [0.717, 1.165) is 23.4 Å². The maximum Gasteiger partial charge on any atom is 0.328 e. The first-order chi connectivity index (χ1) is 14.2. The highest BCUT2D eigenvalue weighted by molar-refractivity contribution is 7.99. The number of phenolic OH excluding ortho intramolecular Hbond substituents is 1. The molecule has 2 aromatic carbocycles. The minimum atomic E-state index is -1.26. The van der Waals surface area contributed by atoms with Crippen molar-refractivity contribution in [1.82, 2.24) is 4.90 Å². The van der Waals surface area contributed by atoms with Gasteiger partial charge in [-0.15, -0.1) is 0 Å². The van der Waals surface area contributed by atoms with Crippen LogP contribution in [0.4, 0.5) is 0 Å². The molecule has 0 aromatic heterocycles. The highest BCUT2D eigenvalue weighted by Gasteiger charge is 2.22. The SMILES string of the molecule is CN(C)CCC=C1c2ccccc2Sc2cc(O)c(Cl)cc21.O=C(O)C=CC(=O)O. The predicted octanol–water partition coefficient (Wildman–Crippen LogP) is 4.61. The second kappa shape index (κ2) is 10.9. The number of nitrogens with zero attached hydrogens (tertiary/aromatic N) is 1. The molecule has 0 amide bonds. The summed E-state index contributed by atoms with van der Waals surface area (Å²) in [7, 11) is 4.15. The lowest BCUT2D eigenvalue weighted by atomic mass is 9.96. The van der Waals surface area contributed by atoms with Crippen LogP contribution in [0, 0.1) is 0 Å². The summed E-state index contributed by atoms with van der Waals surface area (Å²) in [5.41, 5.74) is 3.54. The smallest absolute Gasteiger partial charge is 0.328 e. The average Bonchev–Trinajstić information content (AvgIpc) is 2.67. The Balaban J connectivity index is 0.000000343. The van der Waals surface area contributed by atoms with E-state index in [4.69, 9.17) is 21.8 Å². The van der Waals surface area contributed by atoms with Crippen LogP contribution in [0.3, 0.4) is 0 Å². The number of carboxylic acid groups (broad SMARTS) is 2. The van der Waals surface area contributed by atoms with Gasteiger partial charge >= 0.3 is 11.9 Å². The Labute approximate surface area is 184 Å². The lowest BCUT2D eigenvalue weighted by Gasteiger charge is -2.23. The highest BCUT2D eigenvalue weighted by Crippen LogP contribution is 2.47. The van der Waals surface area contributed by atoms with Crippen molar-refractivity contribution < 1.29 is 24.9 Å². The van der Waals surface area contributed by atoms with Crippen LogP contribution >= 0.6 is 23.4 Å². The minimum Gasteiger partial charge on any atom is -0.506 e. The van der Waals surface area contributed by atoms with Crippen molar-refractivity contribution in [2.45, 2.75) is 16.2 Å². The zero-order chi connectivity index (χ0) is 22.3. The number of phenols is 1. The standard InChI is InChI=1S/C18H18ClNOS.C4H4O4/c1-20(2)9-5-7-12-13-6-3-4-8-17(13)22-18-11-16(21)15(19)10-14(12)18;5-3(6)1-2-4(7)8/h3-4,6-8,10-11,21H,5,9H2,1-2H3;1-2H,(H,5,6)(H,7,8). The third kappa shape index (κ3) is 6.66. The Morgan fingerprint density at radius 2 is 1.67 bits per heavy atom. The molecule has 3 rings (SSSR count). The molecule has 0 atom stereocenters. The van der Waals surface area contributed by atoms with E-state index < -0.39 is 11.9 Å². The molecule has 0 saturated heterocycles. The van der Waals surface area contributed by atoms with E-state index in [9.17, 15) is 14.7 Å². The van der Waals surface area contributed by atoms with Crippen molar-refractivity contribution in [1.29, 1.82) is 0 Å². The van der Waals surface area contributed by atoms with Gasteiger partial charge in [0.2, 0.25) is 0 Å². The predicted molar refractivity (Wildman–Crippen MR) is 118 cm³/mol. The van der Waals surface area contributed by atoms with E-state index in [1.54, 1.807) is 17.8 Å². The molecule has 158 valence electrons. The maximum atomic E-state index is 9.89. The lowest BCUT2D eigenvalue weighted by Crippen LogP contribution is -2.12. The fourth-order valence-corrected chi connectivity index (χ4v) is 3.99. The molecule has 1 heterocycles. The quantitative estimate of drug-likeness (QED) is 0.491. The van der Waals surface area contributed by atoms with Crippen molar-refractivity contribution in [3.63, 3.8) is 0 Å². The van der Waals surface area contributed by atoms with Crippen LogP contribution in [0.25, 0.3) is 5.57 Å². The molecular weight excluding hydrogens is 426 g/mol. The summed E-state index contributed by atoms with van der Waals surface area (Å²) in [4.78, 5) is 23.5. The number of rotatable bonds is 5. The van der Waals surface area contributed by atoms with Crippen LogP contribution in [-0.4, -0.2) is 52.8 Å². The highest BCUT2D eigenvalue weighted by atomic mass is 35.5. The molecule has 1 aliphatic rings. The van der Waals surface area contributed by atoms with Gasteiger partial charge in [-0.25, -0.2) is 9.59 Å². The molecule has 1 aliphatic heterocycles. The van der Waals surface area contributed by atoms with Gasteiger partial charge in [-0.3, -0.25) is 0 Å². The fraction of sp³-hybridized carbons (Fsp3) is 0.182. The summed E-state index contributed by atoms with van der Waals surface area (Å²) < 4.78 is 0. The molecule has 6 nitrogen and oxygen atoms in total. The Bertz CT molecular complexity index is 985. The fourth-order valence-electron chi connectivity index (χ4n) is 2.71. The molecule has 30 heavy (non-hydrogen) atoms. The summed E-state index contributed by atoms with van der Waals surface area (Å²) in [6.07, 6.45) is 4.36. The Hall–Kier alpha value is -2.74. The minimum absolute atomic E-state index is 0.139. The zero-order valence-electron chi connectivity index (χ0n) is 16.5. The topological polar surface area (TPSA) is 98.1 Å². The number of hydrogen-bond acceptors (Lipinski definition) is 5.